The van der Waals surface area contributed by atoms with Crippen molar-refractivity contribution in [2.24, 2.45) is 0 Å². The van der Waals surface area contributed by atoms with Crippen LogP contribution in [0.5, 0.6) is 5.75 Å². The van der Waals surface area contributed by atoms with Crippen LogP contribution in [-0.2, 0) is 4.74 Å². The summed E-state index contributed by atoms with van der Waals surface area (Å²) in [6, 6.07) is 3.85. The van der Waals surface area contributed by atoms with Crippen LogP contribution >= 0.6 is 0 Å². The number of amides is 1. The molecule has 0 radical (unpaired) electrons. The smallest absolute Gasteiger partial charge is 0.406 e. The molecule has 0 N–H and O–H groups in total. The molecule has 12 heteroatoms. The number of halogens is 3. The Morgan fingerprint density at radius 1 is 1.31 bits per heavy atom. The SMILES string of the molecule is CCOCCN(C)C(=O)n1nnn(-c2cccc(OC(F)(F)F)c2)c1=O. The fraction of sp³-hybridized carbons (Fsp3) is 0.429. The van der Waals surface area contributed by atoms with Crippen LogP contribution < -0.4 is 10.4 Å². The molecule has 1 aromatic heterocycles. The van der Waals surface area contributed by atoms with Crippen molar-refractivity contribution in [3.8, 4) is 11.4 Å². The predicted molar refractivity (Wildman–Crippen MR) is 82.2 cm³/mol. The average Bonchev–Trinajstić information content (AvgIpc) is 2.94. The molecule has 1 amide bonds. The lowest BCUT2D eigenvalue weighted by Crippen LogP contribution is -2.40. The lowest BCUT2D eigenvalue weighted by molar-refractivity contribution is -0.274. The van der Waals surface area contributed by atoms with Gasteiger partial charge in [0.15, 0.2) is 0 Å². The quantitative estimate of drug-likeness (QED) is 0.558. The topological polar surface area (TPSA) is 91.5 Å². The Bertz CT molecular complexity index is 817. The molecule has 9 nitrogen and oxygen atoms in total. The average molecular weight is 375 g/mol. The van der Waals surface area contributed by atoms with Gasteiger partial charge in [-0.15, -0.1) is 17.9 Å². The molecule has 0 atom stereocenters. The third kappa shape index (κ3) is 4.81. The first-order valence-electron chi connectivity index (χ1n) is 7.47. The number of benzene rings is 1. The number of likely N-dealkylation sites (N-methyl/N-ethyl adjacent to an activating group) is 1. The number of ether oxygens (including phenoxy) is 2. The molecule has 0 aliphatic carbocycles. The van der Waals surface area contributed by atoms with Gasteiger partial charge in [-0.25, -0.2) is 9.59 Å². The molecule has 2 aromatic rings. The van der Waals surface area contributed by atoms with Crippen LogP contribution in [0.15, 0.2) is 29.1 Å². The minimum absolute atomic E-state index is 0.0345. The van der Waals surface area contributed by atoms with Crippen molar-refractivity contribution in [2.45, 2.75) is 13.3 Å². The van der Waals surface area contributed by atoms with Crippen LogP contribution in [0.2, 0.25) is 0 Å². The third-order valence-corrected chi connectivity index (χ3v) is 3.16. The summed E-state index contributed by atoms with van der Waals surface area (Å²) in [6.07, 6.45) is -4.87. The van der Waals surface area contributed by atoms with E-state index in [1.54, 1.807) is 6.92 Å². The maximum Gasteiger partial charge on any atom is 0.573 e. The fourth-order valence-corrected chi connectivity index (χ4v) is 1.94. The van der Waals surface area contributed by atoms with E-state index < -0.39 is 23.8 Å². The molecule has 1 heterocycles. The second kappa shape index (κ2) is 7.99. The van der Waals surface area contributed by atoms with Crippen molar-refractivity contribution >= 4 is 6.03 Å². The van der Waals surface area contributed by atoms with Crippen molar-refractivity contribution in [1.82, 2.24) is 24.7 Å². The molecule has 0 bridgehead atoms. The fourth-order valence-electron chi connectivity index (χ4n) is 1.94. The first kappa shape index (κ1) is 19.4. The highest BCUT2D eigenvalue weighted by molar-refractivity contribution is 5.75. The normalized spacial score (nSPS) is 11.4. The van der Waals surface area contributed by atoms with E-state index in [9.17, 15) is 22.8 Å². The Balaban J connectivity index is 2.22. The summed E-state index contributed by atoms with van der Waals surface area (Å²) in [5.74, 6) is -0.531. The number of carbonyl (C=O) groups is 1. The number of tetrazole rings is 1. The van der Waals surface area contributed by atoms with Gasteiger partial charge in [0.2, 0.25) is 0 Å². The van der Waals surface area contributed by atoms with Crippen molar-refractivity contribution in [3.05, 3.63) is 34.7 Å². The highest BCUT2D eigenvalue weighted by Gasteiger charge is 2.31. The van der Waals surface area contributed by atoms with Gasteiger partial charge in [0.05, 0.1) is 12.3 Å². The van der Waals surface area contributed by atoms with Gasteiger partial charge >= 0.3 is 18.1 Å². The van der Waals surface area contributed by atoms with Gasteiger partial charge in [-0.05, 0) is 29.5 Å². The van der Waals surface area contributed by atoms with E-state index in [1.165, 1.54) is 24.1 Å². The van der Waals surface area contributed by atoms with E-state index in [4.69, 9.17) is 4.74 Å². The molecular formula is C14H16F3N5O4. The summed E-state index contributed by atoms with van der Waals surface area (Å²) in [4.78, 5) is 25.7. The van der Waals surface area contributed by atoms with Gasteiger partial charge in [0.1, 0.15) is 5.75 Å². The number of carbonyl (C=O) groups excluding carboxylic acids is 1. The van der Waals surface area contributed by atoms with Crippen LogP contribution in [0.1, 0.15) is 6.92 Å². The largest absolute Gasteiger partial charge is 0.573 e. The van der Waals surface area contributed by atoms with Gasteiger partial charge in [0, 0.05) is 26.3 Å². The Morgan fingerprint density at radius 2 is 2.04 bits per heavy atom. The summed E-state index contributed by atoms with van der Waals surface area (Å²) in [5, 5.41) is 6.99. The van der Waals surface area contributed by atoms with Crippen LogP contribution in [0.3, 0.4) is 0 Å². The Labute approximate surface area is 145 Å². The number of hydrogen-bond donors (Lipinski definition) is 0. The van der Waals surface area contributed by atoms with E-state index in [0.717, 1.165) is 12.1 Å². The van der Waals surface area contributed by atoms with Crippen LogP contribution in [-0.4, -0.2) is 63.9 Å². The number of nitrogens with zero attached hydrogens (tertiary/aromatic N) is 5. The van der Waals surface area contributed by atoms with E-state index in [0.29, 0.717) is 16.0 Å². The number of rotatable bonds is 6. The molecule has 0 saturated heterocycles. The summed E-state index contributed by atoms with van der Waals surface area (Å²) < 4.78 is 47.0. The van der Waals surface area contributed by atoms with Crippen LogP contribution in [0, 0.1) is 0 Å². The molecule has 0 spiro atoms. The van der Waals surface area contributed by atoms with E-state index in [2.05, 4.69) is 15.2 Å². The van der Waals surface area contributed by atoms with E-state index in [1.807, 2.05) is 0 Å². The molecule has 26 heavy (non-hydrogen) atoms. The minimum atomic E-state index is -4.87. The zero-order valence-corrected chi connectivity index (χ0v) is 13.9. The second-order valence-electron chi connectivity index (χ2n) is 5.03. The maximum atomic E-state index is 12.3. The first-order valence-corrected chi connectivity index (χ1v) is 7.47. The predicted octanol–water partition coefficient (Wildman–Crippen LogP) is 1.26. The summed E-state index contributed by atoms with van der Waals surface area (Å²) in [5.41, 5.74) is -0.963. The van der Waals surface area contributed by atoms with Gasteiger partial charge in [-0.2, -0.15) is 4.68 Å². The molecule has 142 valence electrons. The highest BCUT2D eigenvalue weighted by Crippen LogP contribution is 2.23. The molecule has 0 aliphatic heterocycles. The van der Waals surface area contributed by atoms with Gasteiger partial charge in [-0.1, -0.05) is 6.07 Å². The molecule has 0 fully saturated rings. The Hall–Kier alpha value is -2.89. The summed E-state index contributed by atoms with van der Waals surface area (Å²) in [7, 11) is 1.45. The van der Waals surface area contributed by atoms with Crippen molar-refractivity contribution in [2.75, 3.05) is 26.8 Å². The van der Waals surface area contributed by atoms with Crippen LogP contribution in [0.4, 0.5) is 18.0 Å². The Morgan fingerprint density at radius 3 is 2.69 bits per heavy atom. The van der Waals surface area contributed by atoms with Crippen molar-refractivity contribution < 1.29 is 27.4 Å². The molecular weight excluding hydrogens is 359 g/mol. The van der Waals surface area contributed by atoms with Gasteiger partial charge in [0.25, 0.3) is 0 Å². The van der Waals surface area contributed by atoms with Gasteiger partial charge in [-0.3, -0.25) is 0 Å². The molecule has 1 aromatic carbocycles. The summed E-state index contributed by atoms with van der Waals surface area (Å²) in [6.45, 7) is 2.78. The van der Waals surface area contributed by atoms with E-state index in [-0.39, 0.29) is 18.8 Å². The lowest BCUT2D eigenvalue weighted by atomic mass is 10.3. The molecule has 0 saturated carbocycles. The third-order valence-electron chi connectivity index (χ3n) is 3.16. The molecule has 0 aliphatic rings. The van der Waals surface area contributed by atoms with Crippen molar-refractivity contribution in [3.63, 3.8) is 0 Å². The standard InChI is InChI=1S/C14H16F3N5O4/c1-3-25-8-7-20(2)12(23)22-13(24)21(18-19-22)10-5-4-6-11(9-10)26-14(15,16)17/h4-6,9H,3,7-8H2,1-2H3. The first-order chi connectivity index (χ1) is 12.2. The van der Waals surface area contributed by atoms with Crippen LogP contribution in [0.25, 0.3) is 5.69 Å². The molecule has 0 unspecified atom stereocenters. The zero-order chi connectivity index (χ0) is 19.3. The number of hydrogen-bond acceptors (Lipinski definition) is 6. The number of alkyl halides is 3. The van der Waals surface area contributed by atoms with Gasteiger partial charge < -0.3 is 14.4 Å². The maximum absolute atomic E-state index is 12.3. The second-order valence-corrected chi connectivity index (χ2v) is 5.03. The highest BCUT2D eigenvalue weighted by atomic mass is 19.4. The minimum Gasteiger partial charge on any atom is -0.406 e. The van der Waals surface area contributed by atoms with E-state index >= 15 is 0 Å². The zero-order valence-electron chi connectivity index (χ0n) is 13.9. The summed E-state index contributed by atoms with van der Waals surface area (Å²) >= 11 is 0. The Kier molecular flexibility index (Phi) is 5.97. The van der Waals surface area contributed by atoms with Crippen molar-refractivity contribution in [1.29, 1.82) is 0 Å². The molecule has 2 rings (SSSR count). The lowest BCUT2D eigenvalue weighted by Gasteiger charge is -2.15. The monoisotopic (exact) mass is 375 g/mol. The number of aromatic nitrogens is 4.